The molecule has 0 aromatic heterocycles. The van der Waals surface area contributed by atoms with Crippen molar-refractivity contribution in [2.45, 2.75) is 44.0 Å². The number of carbonyl (C=O) groups is 3. The molecule has 0 unspecified atom stereocenters. The van der Waals surface area contributed by atoms with E-state index in [9.17, 15) is 18.8 Å². The van der Waals surface area contributed by atoms with Crippen LogP contribution in [-0.4, -0.2) is 34.4 Å². The van der Waals surface area contributed by atoms with Crippen LogP contribution in [0.1, 0.15) is 41.6 Å². The second-order valence-corrected chi connectivity index (χ2v) is 7.67. The van der Waals surface area contributed by atoms with E-state index in [1.165, 1.54) is 29.2 Å². The van der Waals surface area contributed by atoms with Gasteiger partial charge in [-0.05, 0) is 42.7 Å². The number of fused-ring (bicyclic) bond motifs is 3. The van der Waals surface area contributed by atoms with Crippen LogP contribution < -0.4 is 4.90 Å². The van der Waals surface area contributed by atoms with E-state index in [0.717, 1.165) is 12.8 Å². The van der Waals surface area contributed by atoms with Gasteiger partial charge in [-0.25, -0.2) is 9.18 Å². The second-order valence-electron chi connectivity index (χ2n) is 7.67. The van der Waals surface area contributed by atoms with E-state index in [1.54, 1.807) is 29.2 Å². The molecule has 5 rings (SSSR count). The summed E-state index contributed by atoms with van der Waals surface area (Å²) in [5.41, 5.74) is 0.0590. The van der Waals surface area contributed by atoms with Crippen LogP contribution in [0, 0.1) is 5.82 Å². The number of ether oxygens (including phenoxy) is 1. The predicted octanol–water partition coefficient (Wildman–Crippen LogP) is 3.01. The van der Waals surface area contributed by atoms with Crippen LogP contribution in [0.4, 0.5) is 10.1 Å². The molecule has 0 bridgehead atoms. The highest BCUT2D eigenvalue weighted by atomic mass is 19.1. The van der Waals surface area contributed by atoms with Crippen molar-refractivity contribution in [1.82, 2.24) is 4.90 Å². The van der Waals surface area contributed by atoms with E-state index in [4.69, 9.17) is 4.74 Å². The van der Waals surface area contributed by atoms with Crippen molar-refractivity contribution < 1.29 is 23.5 Å². The highest BCUT2D eigenvalue weighted by Crippen LogP contribution is 2.49. The first kappa shape index (κ1) is 17.8. The van der Waals surface area contributed by atoms with E-state index in [0.29, 0.717) is 16.8 Å². The number of halogens is 1. The SMILES string of the molecule is O=C1CC[C@@]2(C(=O)OCc3ccc(F)cc3)N1c1ccccc1C(=O)N2C1CC1. The quantitative estimate of drug-likeness (QED) is 0.748. The number of amides is 2. The first-order chi connectivity index (χ1) is 14.0. The lowest BCUT2D eigenvalue weighted by Crippen LogP contribution is -2.69. The minimum atomic E-state index is -1.45. The van der Waals surface area contributed by atoms with Crippen molar-refractivity contribution >= 4 is 23.5 Å². The molecule has 0 radical (unpaired) electrons. The molecule has 2 amide bonds. The first-order valence-electron chi connectivity index (χ1n) is 9.70. The van der Waals surface area contributed by atoms with Crippen LogP contribution in [0.15, 0.2) is 48.5 Å². The van der Waals surface area contributed by atoms with Crippen LogP contribution in [0.25, 0.3) is 0 Å². The molecule has 0 spiro atoms. The topological polar surface area (TPSA) is 66.9 Å². The Morgan fingerprint density at radius 2 is 1.83 bits per heavy atom. The van der Waals surface area contributed by atoms with Crippen molar-refractivity contribution in [2.24, 2.45) is 0 Å². The molecule has 7 heteroatoms. The van der Waals surface area contributed by atoms with Crippen molar-refractivity contribution in [3.05, 3.63) is 65.5 Å². The molecular formula is C22H19FN2O4. The van der Waals surface area contributed by atoms with E-state index in [-0.39, 0.29) is 43.1 Å². The minimum Gasteiger partial charge on any atom is -0.458 e. The zero-order valence-corrected chi connectivity index (χ0v) is 15.6. The highest BCUT2D eigenvalue weighted by Gasteiger charge is 2.64. The molecule has 2 aliphatic heterocycles. The largest absolute Gasteiger partial charge is 0.458 e. The highest BCUT2D eigenvalue weighted by molar-refractivity contribution is 6.15. The predicted molar refractivity (Wildman–Crippen MR) is 101 cm³/mol. The van der Waals surface area contributed by atoms with Crippen molar-refractivity contribution in [3.8, 4) is 0 Å². The number of nitrogens with zero attached hydrogens (tertiary/aromatic N) is 2. The van der Waals surface area contributed by atoms with E-state index in [2.05, 4.69) is 0 Å². The Bertz CT molecular complexity index is 1020. The zero-order valence-electron chi connectivity index (χ0n) is 15.6. The Morgan fingerprint density at radius 3 is 2.55 bits per heavy atom. The second kappa shape index (κ2) is 6.40. The summed E-state index contributed by atoms with van der Waals surface area (Å²) in [6.45, 7) is -0.0583. The fourth-order valence-corrected chi connectivity index (χ4v) is 4.36. The van der Waals surface area contributed by atoms with Gasteiger partial charge in [-0.1, -0.05) is 24.3 Å². The van der Waals surface area contributed by atoms with Gasteiger partial charge in [-0.15, -0.1) is 0 Å². The van der Waals surface area contributed by atoms with Crippen LogP contribution in [0.5, 0.6) is 0 Å². The number of benzene rings is 2. The van der Waals surface area contributed by atoms with E-state index in [1.807, 2.05) is 0 Å². The van der Waals surface area contributed by atoms with Gasteiger partial charge in [-0.2, -0.15) is 0 Å². The van der Waals surface area contributed by atoms with Crippen LogP contribution in [-0.2, 0) is 20.9 Å². The monoisotopic (exact) mass is 394 g/mol. The van der Waals surface area contributed by atoms with Gasteiger partial charge >= 0.3 is 5.97 Å². The molecule has 148 valence electrons. The molecule has 1 saturated heterocycles. The fourth-order valence-electron chi connectivity index (χ4n) is 4.36. The summed E-state index contributed by atoms with van der Waals surface area (Å²) in [5.74, 6) is -1.44. The maximum atomic E-state index is 13.4. The Kier molecular flexibility index (Phi) is 3.94. The molecule has 1 aliphatic carbocycles. The Labute approximate surface area is 166 Å². The summed E-state index contributed by atoms with van der Waals surface area (Å²) in [6, 6.07) is 12.5. The average Bonchev–Trinajstić information content (AvgIpc) is 3.50. The number of esters is 1. The third-order valence-electron chi connectivity index (χ3n) is 5.82. The molecule has 0 N–H and O–H groups in total. The molecule has 6 nitrogen and oxygen atoms in total. The molecular weight excluding hydrogens is 375 g/mol. The molecule has 1 atom stereocenters. The van der Waals surface area contributed by atoms with Gasteiger partial charge < -0.3 is 9.64 Å². The maximum absolute atomic E-state index is 13.4. The zero-order chi connectivity index (χ0) is 20.2. The summed E-state index contributed by atoms with van der Waals surface area (Å²) in [4.78, 5) is 42.6. The molecule has 3 aliphatic rings. The van der Waals surface area contributed by atoms with Crippen molar-refractivity contribution in [2.75, 3.05) is 4.90 Å². The summed E-state index contributed by atoms with van der Waals surface area (Å²) in [5, 5.41) is 0. The summed E-state index contributed by atoms with van der Waals surface area (Å²) in [7, 11) is 0. The van der Waals surface area contributed by atoms with Crippen LogP contribution >= 0.6 is 0 Å². The summed E-state index contributed by atoms with van der Waals surface area (Å²) in [6.07, 6.45) is 1.95. The maximum Gasteiger partial charge on any atom is 0.354 e. The summed E-state index contributed by atoms with van der Waals surface area (Å²) >= 11 is 0. The number of carbonyl (C=O) groups excluding carboxylic acids is 3. The van der Waals surface area contributed by atoms with Crippen molar-refractivity contribution in [1.29, 1.82) is 0 Å². The lowest BCUT2D eigenvalue weighted by atomic mass is 9.96. The third-order valence-corrected chi connectivity index (χ3v) is 5.82. The van der Waals surface area contributed by atoms with Crippen LogP contribution in [0.3, 0.4) is 0 Å². The lowest BCUT2D eigenvalue weighted by Gasteiger charge is -2.48. The smallest absolute Gasteiger partial charge is 0.354 e. The Hall–Kier alpha value is -3.22. The number of hydrogen-bond donors (Lipinski definition) is 0. The average molecular weight is 394 g/mol. The van der Waals surface area contributed by atoms with E-state index >= 15 is 0 Å². The molecule has 2 heterocycles. The fraction of sp³-hybridized carbons (Fsp3) is 0.318. The first-order valence-corrected chi connectivity index (χ1v) is 9.70. The number of para-hydroxylation sites is 1. The summed E-state index contributed by atoms with van der Waals surface area (Å²) < 4.78 is 18.7. The molecule has 2 aromatic carbocycles. The van der Waals surface area contributed by atoms with Gasteiger partial charge in [0, 0.05) is 18.9 Å². The minimum absolute atomic E-state index is 0.0583. The number of hydrogen-bond acceptors (Lipinski definition) is 4. The standard InChI is InChI=1S/C22H19FN2O4/c23-15-7-5-14(6-8-15)13-29-21(28)22-12-11-19(26)25(22)18-4-2-1-3-17(18)20(27)24(22)16-9-10-16/h1-8,16H,9-13H2/t22-/m0/s1. The van der Waals surface area contributed by atoms with Gasteiger partial charge in [-0.3, -0.25) is 14.5 Å². The molecule has 29 heavy (non-hydrogen) atoms. The Morgan fingerprint density at radius 1 is 1.10 bits per heavy atom. The van der Waals surface area contributed by atoms with Gasteiger partial charge in [0.15, 0.2) is 0 Å². The van der Waals surface area contributed by atoms with Crippen molar-refractivity contribution in [3.63, 3.8) is 0 Å². The molecule has 2 aromatic rings. The van der Waals surface area contributed by atoms with Gasteiger partial charge in [0.05, 0.1) is 11.3 Å². The van der Waals surface area contributed by atoms with Gasteiger partial charge in [0.25, 0.3) is 5.91 Å². The molecule has 2 fully saturated rings. The van der Waals surface area contributed by atoms with Gasteiger partial charge in [0.1, 0.15) is 12.4 Å². The number of anilines is 1. The van der Waals surface area contributed by atoms with Crippen LogP contribution in [0.2, 0.25) is 0 Å². The Balaban J connectivity index is 1.54. The van der Waals surface area contributed by atoms with Gasteiger partial charge in [0.2, 0.25) is 11.6 Å². The lowest BCUT2D eigenvalue weighted by molar-refractivity contribution is -0.159. The van der Waals surface area contributed by atoms with E-state index < -0.39 is 11.6 Å². The molecule has 1 saturated carbocycles. The number of rotatable bonds is 4. The third kappa shape index (κ3) is 2.64. The normalized spacial score (nSPS) is 23.1.